The number of aryl methyl sites for hydroxylation is 1. The van der Waals surface area contributed by atoms with Gasteiger partial charge in [-0.2, -0.15) is 0 Å². The normalized spacial score (nSPS) is 19.9. The number of piperidine rings is 1. The summed E-state index contributed by atoms with van der Waals surface area (Å²) in [5, 5.41) is 3.12. The summed E-state index contributed by atoms with van der Waals surface area (Å²) >= 11 is 0. The van der Waals surface area contributed by atoms with Gasteiger partial charge in [-0.3, -0.25) is 9.59 Å². The minimum absolute atomic E-state index is 0.00268. The molecule has 2 fully saturated rings. The quantitative estimate of drug-likeness (QED) is 0.524. The van der Waals surface area contributed by atoms with Crippen LogP contribution in [0.15, 0.2) is 91.0 Å². The molecule has 186 valence electrons. The predicted molar refractivity (Wildman–Crippen MR) is 142 cm³/mol. The van der Waals surface area contributed by atoms with Crippen molar-refractivity contribution in [1.29, 1.82) is 0 Å². The lowest BCUT2D eigenvalue weighted by atomic mass is 9.80. The lowest BCUT2D eigenvalue weighted by Crippen LogP contribution is -2.72. The maximum Gasteiger partial charge on any atom is 0.246 e. The summed E-state index contributed by atoms with van der Waals surface area (Å²) < 4.78 is 0. The molecule has 2 aliphatic heterocycles. The van der Waals surface area contributed by atoms with Crippen molar-refractivity contribution in [1.82, 2.24) is 15.1 Å². The molecule has 0 radical (unpaired) electrons. The molecule has 36 heavy (non-hydrogen) atoms. The molecule has 2 aliphatic rings. The highest BCUT2D eigenvalue weighted by Crippen LogP contribution is 2.35. The van der Waals surface area contributed by atoms with Crippen LogP contribution in [0.1, 0.15) is 36.0 Å². The molecule has 2 saturated heterocycles. The highest BCUT2D eigenvalue weighted by molar-refractivity contribution is 6.00. The van der Waals surface area contributed by atoms with Crippen molar-refractivity contribution in [2.45, 2.75) is 50.2 Å². The van der Waals surface area contributed by atoms with Crippen LogP contribution in [0.3, 0.4) is 0 Å². The highest BCUT2D eigenvalue weighted by Gasteiger charge is 2.53. The van der Waals surface area contributed by atoms with E-state index in [2.05, 4.69) is 40.5 Å². The summed E-state index contributed by atoms with van der Waals surface area (Å²) in [4.78, 5) is 31.9. The van der Waals surface area contributed by atoms with Gasteiger partial charge in [-0.15, -0.1) is 0 Å². The van der Waals surface area contributed by atoms with E-state index >= 15 is 0 Å². The largest absolute Gasteiger partial charge is 0.342 e. The topological polar surface area (TPSA) is 52.7 Å². The van der Waals surface area contributed by atoms with Gasteiger partial charge in [0.2, 0.25) is 11.8 Å². The molecule has 3 aromatic rings. The van der Waals surface area contributed by atoms with Crippen LogP contribution in [0.4, 0.5) is 0 Å². The van der Waals surface area contributed by atoms with Crippen LogP contribution in [0.2, 0.25) is 0 Å². The third-order valence-electron chi connectivity index (χ3n) is 7.74. The van der Waals surface area contributed by atoms with Crippen molar-refractivity contribution in [3.63, 3.8) is 0 Å². The first-order valence-electron chi connectivity index (χ1n) is 13.1. The van der Waals surface area contributed by atoms with Crippen LogP contribution in [-0.4, -0.2) is 52.8 Å². The van der Waals surface area contributed by atoms with Crippen molar-refractivity contribution in [3.05, 3.63) is 108 Å². The molecule has 0 aliphatic carbocycles. The minimum atomic E-state index is -0.782. The first-order chi connectivity index (χ1) is 17.6. The van der Waals surface area contributed by atoms with Gasteiger partial charge in [-0.05, 0) is 48.9 Å². The molecule has 5 nitrogen and oxygen atoms in total. The van der Waals surface area contributed by atoms with Crippen molar-refractivity contribution in [2.24, 2.45) is 0 Å². The van der Waals surface area contributed by atoms with E-state index in [1.165, 1.54) is 5.56 Å². The van der Waals surface area contributed by atoms with Crippen LogP contribution in [0, 0.1) is 0 Å². The molecule has 5 rings (SSSR count). The van der Waals surface area contributed by atoms with Crippen molar-refractivity contribution in [2.75, 3.05) is 19.6 Å². The Hall–Kier alpha value is -3.44. The van der Waals surface area contributed by atoms with E-state index in [1.807, 2.05) is 65.6 Å². The molecular weight excluding hydrogens is 446 g/mol. The number of likely N-dealkylation sites (tertiary alicyclic amines) is 1. The molecule has 1 atom stereocenters. The van der Waals surface area contributed by atoms with Crippen LogP contribution in [0.25, 0.3) is 0 Å². The summed E-state index contributed by atoms with van der Waals surface area (Å²) in [5.74, 6) is 0.0303. The van der Waals surface area contributed by atoms with Gasteiger partial charge in [0.15, 0.2) is 0 Å². The Labute approximate surface area is 214 Å². The fourth-order valence-corrected chi connectivity index (χ4v) is 5.65. The molecule has 0 bridgehead atoms. The number of carbonyl (C=O) groups is 2. The van der Waals surface area contributed by atoms with Gasteiger partial charge in [0.05, 0.1) is 0 Å². The molecule has 5 heteroatoms. The van der Waals surface area contributed by atoms with E-state index in [-0.39, 0.29) is 11.8 Å². The van der Waals surface area contributed by atoms with Crippen LogP contribution >= 0.6 is 0 Å². The van der Waals surface area contributed by atoms with Crippen LogP contribution < -0.4 is 5.32 Å². The fourth-order valence-electron chi connectivity index (χ4n) is 5.65. The van der Waals surface area contributed by atoms with Gasteiger partial charge in [0, 0.05) is 26.1 Å². The van der Waals surface area contributed by atoms with Gasteiger partial charge in [0.25, 0.3) is 0 Å². The number of rotatable bonds is 8. The summed E-state index contributed by atoms with van der Waals surface area (Å²) in [6.45, 7) is 3.12. The molecule has 1 spiro atoms. The summed E-state index contributed by atoms with van der Waals surface area (Å²) in [6.07, 6.45) is 4.00. The number of nitrogens with zero attached hydrogens (tertiary/aromatic N) is 2. The molecule has 2 amide bonds. The molecule has 1 N–H and O–H groups in total. The number of piperazine rings is 1. The average molecular weight is 482 g/mol. The fraction of sp³-hybridized carbons (Fsp3) is 0.355. The maximum atomic E-state index is 13.9. The van der Waals surface area contributed by atoms with E-state index in [1.54, 1.807) is 0 Å². The molecule has 0 aromatic heterocycles. The van der Waals surface area contributed by atoms with Crippen molar-refractivity contribution < 1.29 is 9.59 Å². The molecule has 3 aromatic carbocycles. The van der Waals surface area contributed by atoms with Gasteiger partial charge in [-0.25, -0.2) is 0 Å². The molecule has 2 heterocycles. The number of hydrogen-bond acceptors (Lipinski definition) is 3. The van der Waals surface area contributed by atoms with E-state index in [0.717, 1.165) is 43.6 Å². The second-order valence-corrected chi connectivity index (χ2v) is 10.1. The first kappa shape index (κ1) is 24.3. The number of carbonyl (C=O) groups excluding carboxylic acids is 2. The smallest absolute Gasteiger partial charge is 0.246 e. The Bertz CT molecular complexity index is 1140. The Morgan fingerprint density at radius 2 is 1.31 bits per heavy atom. The monoisotopic (exact) mass is 481 g/mol. The van der Waals surface area contributed by atoms with E-state index in [4.69, 9.17) is 0 Å². The lowest BCUT2D eigenvalue weighted by molar-refractivity contribution is -0.162. The van der Waals surface area contributed by atoms with Crippen molar-refractivity contribution in [3.8, 4) is 0 Å². The SMILES string of the molecule is O=C1C(Cc2ccccc2)NC(=O)C2(CCN(CCCc3ccccc3)CC2)N1Cc1ccccc1. The number of hydrogen-bond donors (Lipinski definition) is 1. The number of nitrogens with one attached hydrogen (secondary N) is 1. The Kier molecular flexibility index (Phi) is 7.47. The van der Waals surface area contributed by atoms with Gasteiger partial charge < -0.3 is 15.1 Å². The second-order valence-electron chi connectivity index (χ2n) is 10.1. The van der Waals surface area contributed by atoms with E-state index < -0.39 is 11.6 Å². The van der Waals surface area contributed by atoms with Crippen LogP contribution in [0.5, 0.6) is 0 Å². The zero-order valence-electron chi connectivity index (χ0n) is 20.8. The third kappa shape index (κ3) is 5.36. The Balaban J connectivity index is 1.29. The number of benzene rings is 3. The third-order valence-corrected chi connectivity index (χ3v) is 7.74. The van der Waals surface area contributed by atoms with Crippen molar-refractivity contribution >= 4 is 11.8 Å². The maximum absolute atomic E-state index is 13.9. The van der Waals surface area contributed by atoms with E-state index in [9.17, 15) is 9.59 Å². The second kappa shape index (κ2) is 11.1. The Morgan fingerprint density at radius 1 is 0.750 bits per heavy atom. The standard InChI is InChI=1S/C31H35N3O2/c35-29-28(23-26-13-6-2-7-14-26)32-30(36)31(34(29)24-27-15-8-3-9-16-27)18-21-33(22-19-31)20-10-17-25-11-4-1-5-12-25/h1-9,11-16,28H,10,17-24H2,(H,32,36). The molecule has 1 unspecified atom stereocenters. The lowest BCUT2D eigenvalue weighted by Gasteiger charge is -2.51. The Morgan fingerprint density at radius 3 is 1.92 bits per heavy atom. The van der Waals surface area contributed by atoms with Crippen LogP contribution in [-0.2, 0) is 29.0 Å². The van der Waals surface area contributed by atoms with Gasteiger partial charge in [-0.1, -0.05) is 91.0 Å². The average Bonchev–Trinajstić information content (AvgIpc) is 2.92. The summed E-state index contributed by atoms with van der Waals surface area (Å²) in [5.41, 5.74) is 2.70. The number of amides is 2. The minimum Gasteiger partial charge on any atom is -0.342 e. The van der Waals surface area contributed by atoms with E-state index in [0.29, 0.717) is 25.8 Å². The zero-order chi connectivity index (χ0) is 24.8. The summed E-state index contributed by atoms with van der Waals surface area (Å²) in [7, 11) is 0. The molecule has 0 saturated carbocycles. The summed E-state index contributed by atoms with van der Waals surface area (Å²) in [6, 6.07) is 30.0. The predicted octanol–water partition coefficient (Wildman–Crippen LogP) is 4.22. The van der Waals surface area contributed by atoms with Gasteiger partial charge >= 0.3 is 0 Å². The highest BCUT2D eigenvalue weighted by atomic mass is 16.2. The first-order valence-corrected chi connectivity index (χ1v) is 13.1. The molecular formula is C31H35N3O2. The zero-order valence-corrected chi connectivity index (χ0v) is 20.8. The van der Waals surface area contributed by atoms with Gasteiger partial charge in [0.1, 0.15) is 11.6 Å².